The zero-order chi connectivity index (χ0) is 25.0. The Kier molecular flexibility index (Phi) is 9.49. The van der Waals surface area contributed by atoms with E-state index >= 15 is 0 Å². The van der Waals surface area contributed by atoms with Crippen LogP contribution in [0, 0.1) is 5.92 Å². The summed E-state index contributed by atoms with van der Waals surface area (Å²) < 4.78 is 41.0. The molecule has 35 heavy (non-hydrogen) atoms. The molecule has 3 saturated carbocycles. The van der Waals surface area contributed by atoms with Crippen LogP contribution >= 0.6 is 23.2 Å². The second-order valence-electron chi connectivity index (χ2n) is 10.7. The average molecular weight is 541 g/mol. The van der Waals surface area contributed by atoms with Crippen molar-refractivity contribution in [3.8, 4) is 0 Å². The third kappa shape index (κ3) is 7.62. The number of hydrogen-bond donors (Lipinski definition) is 3. The standard InChI is InChI=1S/C24H38Cl2F3N5O/c25-16-11-9-15(10-12-16)22(35)32-23(30-18-6-4-5-17(26)13-18)31-21-14-20(24(27,28)29)33-34(21)19-7-2-1-3-8-19/h15-21,33H,1-14H2,(H2,30,31,32,35). The Morgan fingerprint density at radius 3 is 2.26 bits per heavy atom. The average Bonchev–Trinajstić information content (AvgIpc) is 3.24. The number of nitrogens with one attached hydrogen (secondary N) is 3. The SMILES string of the molecule is O=C(N/C(=N/C1CC(C(F)(F)F)NN1C1CCCCC1)NC1CCCC(Cl)C1)C1CCC(Cl)CC1. The Hall–Kier alpha value is -0.770. The maximum Gasteiger partial charge on any atom is 0.405 e. The normalized spacial score (nSPS) is 36.2. The molecule has 1 heterocycles. The lowest BCUT2D eigenvalue weighted by atomic mass is 9.88. The molecule has 0 aromatic carbocycles. The Bertz CT molecular complexity index is 741. The van der Waals surface area contributed by atoms with Gasteiger partial charge in [0.2, 0.25) is 5.91 Å². The molecule has 3 aliphatic carbocycles. The predicted molar refractivity (Wildman–Crippen MR) is 132 cm³/mol. The summed E-state index contributed by atoms with van der Waals surface area (Å²) in [6.07, 6.45) is 6.04. The van der Waals surface area contributed by atoms with E-state index in [4.69, 9.17) is 28.2 Å². The summed E-state index contributed by atoms with van der Waals surface area (Å²) in [5.41, 5.74) is 2.71. The lowest BCUT2D eigenvalue weighted by molar-refractivity contribution is -0.158. The third-order valence-corrected chi connectivity index (χ3v) is 8.77. The fourth-order valence-electron chi connectivity index (χ4n) is 5.92. The molecule has 0 bridgehead atoms. The van der Waals surface area contributed by atoms with Crippen LogP contribution in [-0.4, -0.2) is 58.1 Å². The van der Waals surface area contributed by atoms with Crippen molar-refractivity contribution >= 4 is 35.1 Å². The van der Waals surface area contributed by atoms with Crippen LogP contribution in [0.4, 0.5) is 13.2 Å². The zero-order valence-electron chi connectivity index (χ0n) is 20.1. The number of nitrogens with zero attached hydrogens (tertiary/aromatic N) is 2. The highest BCUT2D eigenvalue weighted by Crippen LogP contribution is 2.34. The van der Waals surface area contributed by atoms with Gasteiger partial charge in [-0.1, -0.05) is 19.3 Å². The van der Waals surface area contributed by atoms with Crippen LogP contribution in [0.2, 0.25) is 0 Å². The second kappa shape index (κ2) is 12.2. The summed E-state index contributed by atoms with van der Waals surface area (Å²) in [4.78, 5) is 17.8. The minimum atomic E-state index is -4.36. The molecule has 4 fully saturated rings. The summed E-state index contributed by atoms with van der Waals surface area (Å²) in [6.45, 7) is 0. The predicted octanol–water partition coefficient (Wildman–Crippen LogP) is 5.20. The van der Waals surface area contributed by atoms with Gasteiger partial charge in [-0.15, -0.1) is 23.2 Å². The summed E-state index contributed by atoms with van der Waals surface area (Å²) in [5.74, 6) is -0.0296. The Morgan fingerprint density at radius 2 is 1.60 bits per heavy atom. The number of carbonyl (C=O) groups is 1. The van der Waals surface area contributed by atoms with E-state index in [1.807, 2.05) is 0 Å². The molecule has 4 atom stereocenters. The van der Waals surface area contributed by atoms with Gasteiger partial charge in [0.15, 0.2) is 5.96 Å². The Morgan fingerprint density at radius 1 is 0.886 bits per heavy atom. The van der Waals surface area contributed by atoms with E-state index in [1.54, 1.807) is 5.01 Å². The first-order chi connectivity index (χ1) is 16.7. The molecule has 1 aliphatic heterocycles. The van der Waals surface area contributed by atoms with Gasteiger partial charge in [0.1, 0.15) is 12.2 Å². The monoisotopic (exact) mass is 539 g/mol. The van der Waals surface area contributed by atoms with Gasteiger partial charge in [-0.3, -0.25) is 10.1 Å². The van der Waals surface area contributed by atoms with Crippen molar-refractivity contribution in [1.82, 2.24) is 21.1 Å². The van der Waals surface area contributed by atoms with Crippen molar-refractivity contribution < 1.29 is 18.0 Å². The lowest BCUT2D eigenvalue weighted by Crippen LogP contribution is -2.52. The molecule has 3 N–H and O–H groups in total. The molecule has 0 aromatic heterocycles. The van der Waals surface area contributed by atoms with Gasteiger partial charge in [0, 0.05) is 35.2 Å². The van der Waals surface area contributed by atoms with Crippen LogP contribution in [0.25, 0.3) is 0 Å². The maximum atomic E-state index is 13.7. The largest absolute Gasteiger partial charge is 0.405 e. The molecule has 0 radical (unpaired) electrons. The number of carbonyl (C=O) groups excluding carboxylic acids is 1. The van der Waals surface area contributed by atoms with E-state index < -0.39 is 18.4 Å². The van der Waals surface area contributed by atoms with Crippen LogP contribution in [0.15, 0.2) is 4.99 Å². The van der Waals surface area contributed by atoms with E-state index in [9.17, 15) is 18.0 Å². The first-order valence-corrected chi connectivity index (χ1v) is 14.1. The molecule has 1 saturated heterocycles. The van der Waals surface area contributed by atoms with Gasteiger partial charge in [-0.05, 0) is 64.2 Å². The van der Waals surface area contributed by atoms with Crippen LogP contribution in [0.5, 0.6) is 0 Å². The van der Waals surface area contributed by atoms with Gasteiger partial charge in [0.25, 0.3) is 0 Å². The molecule has 6 nitrogen and oxygen atoms in total. The van der Waals surface area contributed by atoms with Crippen LogP contribution in [-0.2, 0) is 4.79 Å². The molecule has 200 valence electrons. The number of guanidine groups is 1. The van der Waals surface area contributed by atoms with Gasteiger partial charge in [-0.2, -0.15) is 13.2 Å². The van der Waals surface area contributed by atoms with Crippen molar-refractivity contribution in [2.24, 2.45) is 10.9 Å². The molecule has 0 aromatic rings. The van der Waals surface area contributed by atoms with Crippen molar-refractivity contribution in [3.63, 3.8) is 0 Å². The van der Waals surface area contributed by atoms with E-state index in [2.05, 4.69) is 16.1 Å². The molecule has 1 amide bonds. The van der Waals surface area contributed by atoms with E-state index in [0.717, 1.165) is 70.6 Å². The quantitative estimate of drug-likeness (QED) is 0.261. The van der Waals surface area contributed by atoms with Crippen LogP contribution in [0.3, 0.4) is 0 Å². The molecular weight excluding hydrogens is 502 g/mol. The number of halogens is 5. The molecule has 0 spiro atoms. The minimum absolute atomic E-state index is 0.00250. The van der Waals surface area contributed by atoms with Crippen molar-refractivity contribution in [2.45, 2.75) is 131 Å². The molecular formula is C24H38Cl2F3N5O. The smallest absolute Gasteiger partial charge is 0.353 e. The Balaban J connectivity index is 1.53. The van der Waals surface area contributed by atoms with Crippen LogP contribution < -0.4 is 16.1 Å². The van der Waals surface area contributed by atoms with Crippen molar-refractivity contribution in [1.29, 1.82) is 0 Å². The maximum absolute atomic E-state index is 13.7. The fourth-order valence-corrected chi connectivity index (χ4v) is 6.54. The van der Waals surface area contributed by atoms with Crippen molar-refractivity contribution in [2.75, 3.05) is 0 Å². The number of hydrazine groups is 1. The zero-order valence-corrected chi connectivity index (χ0v) is 21.6. The molecule has 4 unspecified atom stereocenters. The summed E-state index contributed by atoms with van der Waals surface area (Å²) in [6, 6.07) is -1.61. The fraction of sp³-hybridized carbons (Fsp3) is 0.917. The highest BCUT2D eigenvalue weighted by molar-refractivity contribution is 6.20. The summed E-state index contributed by atoms with van der Waals surface area (Å²) >= 11 is 12.6. The minimum Gasteiger partial charge on any atom is -0.353 e. The number of amides is 1. The van der Waals surface area contributed by atoms with E-state index in [0.29, 0.717) is 12.8 Å². The Labute approximate surface area is 216 Å². The number of alkyl halides is 5. The highest BCUT2D eigenvalue weighted by Gasteiger charge is 2.49. The molecule has 4 aliphatic rings. The van der Waals surface area contributed by atoms with E-state index in [1.165, 1.54) is 0 Å². The van der Waals surface area contributed by atoms with Gasteiger partial charge in [0.05, 0.1) is 0 Å². The first kappa shape index (κ1) is 27.3. The topological polar surface area (TPSA) is 68.8 Å². The van der Waals surface area contributed by atoms with E-state index in [-0.39, 0.29) is 47.0 Å². The lowest BCUT2D eigenvalue weighted by Gasteiger charge is -2.34. The number of aliphatic imine (C=N–C) groups is 1. The van der Waals surface area contributed by atoms with Gasteiger partial charge < -0.3 is 5.32 Å². The van der Waals surface area contributed by atoms with Crippen molar-refractivity contribution in [3.05, 3.63) is 0 Å². The third-order valence-electron chi connectivity index (χ3n) is 7.93. The first-order valence-electron chi connectivity index (χ1n) is 13.2. The number of rotatable bonds is 4. The summed E-state index contributed by atoms with van der Waals surface area (Å²) in [5, 5.41) is 8.13. The second-order valence-corrected chi connectivity index (χ2v) is 11.9. The summed E-state index contributed by atoms with van der Waals surface area (Å²) in [7, 11) is 0. The number of hydrogen-bond acceptors (Lipinski definition) is 4. The van der Waals surface area contributed by atoms with Crippen LogP contribution in [0.1, 0.15) is 89.9 Å². The highest BCUT2D eigenvalue weighted by atomic mass is 35.5. The molecule has 4 rings (SSSR count). The molecule has 11 heteroatoms. The van der Waals surface area contributed by atoms with Gasteiger partial charge in [-0.25, -0.2) is 15.4 Å². The van der Waals surface area contributed by atoms with Gasteiger partial charge >= 0.3 is 6.18 Å².